The normalized spacial score (nSPS) is 18.2. The number of piperidine rings is 1. The van der Waals surface area contributed by atoms with Gasteiger partial charge in [0.2, 0.25) is 0 Å². The number of likely N-dealkylation sites (tertiary alicyclic amines) is 1. The van der Waals surface area contributed by atoms with Crippen LogP contribution in [0.1, 0.15) is 28.9 Å². The summed E-state index contributed by atoms with van der Waals surface area (Å²) < 4.78 is 21.6. The molecule has 0 radical (unpaired) electrons. The number of hydrogen-bond acceptors (Lipinski definition) is 5. The minimum absolute atomic E-state index is 0.0720. The third-order valence-corrected chi connectivity index (χ3v) is 5.20. The summed E-state index contributed by atoms with van der Waals surface area (Å²) in [5, 5.41) is 0. The lowest BCUT2D eigenvalue weighted by molar-refractivity contribution is 0.0725. The molecule has 1 aliphatic heterocycles. The molecule has 0 bridgehead atoms. The summed E-state index contributed by atoms with van der Waals surface area (Å²) >= 11 is 1.05. The van der Waals surface area contributed by atoms with E-state index >= 15 is 0 Å². The molecular weight excluding hydrogens is 339 g/mol. The van der Waals surface area contributed by atoms with Crippen molar-refractivity contribution in [2.45, 2.75) is 19.3 Å². The number of benzene rings is 1. The molecule has 0 saturated carbocycles. The SMILES string of the molecule is CN(CC1CCCN(CCc2ccccc2F)C1)C(=O)c1cnsn1. The van der Waals surface area contributed by atoms with Crippen LogP contribution in [-0.4, -0.2) is 57.7 Å². The van der Waals surface area contributed by atoms with Crippen LogP contribution in [0.4, 0.5) is 4.39 Å². The molecule has 3 rings (SSSR count). The summed E-state index contributed by atoms with van der Waals surface area (Å²) in [5.74, 6) is 0.241. The van der Waals surface area contributed by atoms with Gasteiger partial charge in [-0.1, -0.05) is 18.2 Å². The van der Waals surface area contributed by atoms with E-state index < -0.39 is 0 Å². The molecule has 0 aliphatic carbocycles. The van der Waals surface area contributed by atoms with Crippen molar-refractivity contribution in [1.29, 1.82) is 0 Å². The molecule has 7 heteroatoms. The molecule has 1 atom stereocenters. The zero-order valence-electron chi connectivity index (χ0n) is 14.4. The molecule has 2 aromatic rings. The fourth-order valence-corrected chi connectivity index (χ4v) is 3.82. The monoisotopic (exact) mass is 362 g/mol. The quantitative estimate of drug-likeness (QED) is 0.793. The summed E-state index contributed by atoms with van der Waals surface area (Å²) in [6, 6.07) is 6.97. The number of halogens is 1. The molecule has 1 unspecified atom stereocenters. The molecule has 25 heavy (non-hydrogen) atoms. The van der Waals surface area contributed by atoms with E-state index in [0.717, 1.165) is 56.2 Å². The fraction of sp³-hybridized carbons (Fsp3) is 0.500. The van der Waals surface area contributed by atoms with E-state index in [1.807, 2.05) is 19.2 Å². The average Bonchev–Trinajstić information content (AvgIpc) is 3.15. The van der Waals surface area contributed by atoms with Gasteiger partial charge in [0.15, 0.2) is 5.69 Å². The molecule has 1 aromatic carbocycles. The zero-order chi connectivity index (χ0) is 17.6. The van der Waals surface area contributed by atoms with Crippen molar-refractivity contribution < 1.29 is 9.18 Å². The summed E-state index contributed by atoms with van der Waals surface area (Å²) in [5.41, 5.74) is 1.19. The van der Waals surface area contributed by atoms with Crippen molar-refractivity contribution in [3.63, 3.8) is 0 Å². The third kappa shape index (κ3) is 4.83. The number of carbonyl (C=O) groups is 1. The van der Waals surface area contributed by atoms with E-state index in [1.165, 1.54) is 12.3 Å². The Hall–Kier alpha value is -1.86. The Balaban J connectivity index is 1.49. The van der Waals surface area contributed by atoms with Crippen molar-refractivity contribution >= 4 is 17.6 Å². The van der Waals surface area contributed by atoms with Gasteiger partial charge in [-0.3, -0.25) is 4.79 Å². The van der Waals surface area contributed by atoms with Gasteiger partial charge in [-0.15, -0.1) is 0 Å². The van der Waals surface area contributed by atoms with Crippen molar-refractivity contribution in [1.82, 2.24) is 18.5 Å². The Bertz CT molecular complexity index is 694. The van der Waals surface area contributed by atoms with Gasteiger partial charge < -0.3 is 9.80 Å². The lowest BCUT2D eigenvalue weighted by atomic mass is 9.97. The van der Waals surface area contributed by atoms with Crippen LogP contribution in [0, 0.1) is 11.7 Å². The van der Waals surface area contributed by atoms with Gasteiger partial charge in [-0.2, -0.15) is 8.75 Å². The number of amides is 1. The lowest BCUT2D eigenvalue weighted by Crippen LogP contribution is -2.42. The van der Waals surface area contributed by atoms with Gasteiger partial charge in [0.05, 0.1) is 17.9 Å². The second-order valence-corrected chi connectivity index (χ2v) is 7.19. The first-order valence-electron chi connectivity index (χ1n) is 8.62. The summed E-state index contributed by atoms with van der Waals surface area (Å²) in [4.78, 5) is 16.4. The van der Waals surface area contributed by atoms with Crippen LogP contribution in [0.25, 0.3) is 0 Å². The van der Waals surface area contributed by atoms with Crippen LogP contribution in [0.3, 0.4) is 0 Å². The molecule has 1 saturated heterocycles. The van der Waals surface area contributed by atoms with E-state index in [1.54, 1.807) is 11.0 Å². The Kier molecular flexibility index (Phi) is 6.09. The fourth-order valence-electron chi connectivity index (χ4n) is 3.41. The topological polar surface area (TPSA) is 49.3 Å². The Morgan fingerprint density at radius 1 is 1.44 bits per heavy atom. The average molecular weight is 362 g/mol. The highest BCUT2D eigenvalue weighted by Crippen LogP contribution is 2.19. The maximum absolute atomic E-state index is 13.7. The molecule has 1 aromatic heterocycles. The first-order chi connectivity index (χ1) is 12.1. The molecule has 0 spiro atoms. The predicted octanol–water partition coefficient (Wildman–Crippen LogP) is 2.70. The Labute approximate surface area is 151 Å². The van der Waals surface area contributed by atoms with Crippen molar-refractivity contribution in [2.75, 3.05) is 33.2 Å². The minimum atomic E-state index is -0.127. The van der Waals surface area contributed by atoms with Gasteiger partial charge in [-0.25, -0.2) is 4.39 Å². The first-order valence-corrected chi connectivity index (χ1v) is 9.35. The van der Waals surface area contributed by atoms with Crippen LogP contribution in [0.5, 0.6) is 0 Å². The predicted molar refractivity (Wildman–Crippen MR) is 96.1 cm³/mol. The summed E-state index contributed by atoms with van der Waals surface area (Å²) in [6.45, 7) is 3.55. The molecule has 134 valence electrons. The molecule has 1 amide bonds. The molecule has 1 fully saturated rings. The zero-order valence-corrected chi connectivity index (χ0v) is 15.2. The number of aromatic nitrogens is 2. The van der Waals surface area contributed by atoms with Crippen LogP contribution >= 0.6 is 11.7 Å². The standard InChI is InChI=1S/C18H23FN4OS/c1-22(18(24)17-11-20-25-21-17)12-14-5-4-9-23(13-14)10-8-15-6-2-3-7-16(15)19/h2-3,6-7,11,14H,4-5,8-10,12-13H2,1H3. The summed E-state index contributed by atoms with van der Waals surface area (Å²) in [7, 11) is 1.82. The number of nitrogens with zero attached hydrogens (tertiary/aromatic N) is 4. The van der Waals surface area contributed by atoms with Crippen LogP contribution < -0.4 is 0 Å². The number of carbonyl (C=O) groups excluding carboxylic acids is 1. The maximum atomic E-state index is 13.7. The third-order valence-electron chi connectivity index (χ3n) is 4.72. The smallest absolute Gasteiger partial charge is 0.274 e. The van der Waals surface area contributed by atoms with E-state index in [9.17, 15) is 9.18 Å². The van der Waals surface area contributed by atoms with Crippen LogP contribution in [0.2, 0.25) is 0 Å². The lowest BCUT2D eigenvalue weighted by Gasteiger charge is -2.34. The number of rotatable bonds is 6. The maximum Gasteiger partial charge on any atom is 0.274 e. The van der Waals surface area contributed by atoms with E-state index in [2.05, 4.69) is 13.6 Å². The highest BCUT2D eigenvalue weighted by Gasteiger charge is 2.24. The van der Waals surface area contributed by atoms with E-state index in [0.29, 0.717) is 18.2 Å². The van der Waals surface area contributed by atoms with Crippen molar-refractivity contribution in [3.8, 4) is 0 Å². The second kappa shape index (κ2) is 8.49. The van der Waals surface area contributed by atoms with Gasteiger partial charge in [0.25, 0.3) is 5.91 Å². The van der Waals surface area contributed by atoms with Crippen molar-refractivity contribution in [2.24, 2.45) is 5.92 Å². The molecule has 2 heterocycles. The minimum Gasteiger partial charge on any atom is -0.340 e. The molecular formula is C18H23FN4OS. The molecule has 0 N–H and O–H groups in total. The largest absolute Gasteiger partial charge is 0.340 e. The van der Waals surface area contributed by atoms with Crippen LogP contribution in [0.15, 0.2) is 30.5 Å². The highest BCUT2D eigenvalue weighted by molar-refractivity contribution is 6.99. The van der Waals surface area contributed by atoms with Gasteiger partial charge in [0.1, 0.15) is 5.82 Å². The first kappa shape index (κ1) is 17.9. The summed E-state index contributed by atoms with van der Waals surface area (Å²) in [6.07, 6.45) is 4.47. The second-order valence-electron chi connectivity index (χ2n) is 6.63. The van der Waals surface area contributed by atoms with Gasteiger partial charge in [-0.05, 0) is 43.4 Å². The highest BCUT2D eigenvalue weighted by atomic mass is 32.1. The van der Waals surface area contributed by atoms with Crippen LogP contribution in [-0.2, 0) is 6.42 Å². The Morgan fingerprint density at radius 2 is 2.28 bits per heavy atom. The van der Waals surface area contributed by atoms with Gasteiger partial charge >= 0.3 is 0 Å². The molecule has 5 nitrogen and oxygen atoms in total. The van der Waals surface area contributed by atoms with Gasteiger partial charge in [0, 0.05) is 26.7 Å². The van der Waals surface area contributed by atoms with E-state index in [-0.39, 0.29) is 11.7 Å². The Morgan fingerprint density at radius 3 is 3.04 bits per heavy atom. The van der Waals surface area contributed by atoms with E-state index in [4.69, 9.17) is 0 Å². The van der Waals surface area contributed by atoms with Crippen molar-refractivity contribution in [3.05, 3.63) is 47.5 Å². The molecule has 1 aliphatic rings. The number of hydrogen-bond donors (Lipinski definition) is 0.